The summed E-state index contributed by atoms with van der Waals surface area (Å²) in [5, 5.41) is 0. The first-order chi connectivity index (χ1) is 4.18. The molecule has 0 aromatic heterocycles. The number of halogens is 3. The molecule has 0 N–H and O–H groups in total. The first-order valence-corrected chi connectivity index (χ1v) is 2.88. The fraction of sp³-hybridized carbons (Fsp3) is 1.00. The van der Waals surface area contributed by atoms with Gasteiger partial charge in [0.1, 0.15) is 6.67 Å². The average molecular weight is 194 g/mol. The molecule has 0 atom stereocenters. The molecule has 0 amide bonds. The van der Waals surface area contributed by atoms with Crippen LogP contribution in [-0.2, 0) is 9.88 Å². The van der Waals surface area contributed by atoms with Gasteiger partial charge in [-0.25, -0.2) is 0 Å². The zero-order valence-electron chi connectivity index (χ0n) is 4.00. The van der Waals surface area contributed by atoms with E-state index in [0.29, 0.717) is 4.75 Å². The van der Waals surface area contributed by atoms with Crippen LogP contribution in [0.3, 0.4) is 0 Å². The van der Waals surface area contributed by atoms with Gasteiger partial charge in [0, 0.05) is 35.3 Å². The van der Waals surface area contributed by atoms with Crippen LogP contribution in [-0.4, -0.2) is 20.6 Å². The summed E-state index contributed by atoms with van der Waals surface area (Å²) in [7, 11) is 0. The third-order valence-corrected chi connectivity index (χ3v) is 0.989. The highest BCUT2D eigenvalue weighted by Gasteiger charge is 2.22. The molecule has 8 heteroatoms. The lowest BCUT2D eigenvalue weighted by Crippen LogP contribution is -2.40. The molecular formula is CH2Cl3N3O2. The zero-order valence-corrected chi connectivity index (χ0v) is 6.27. The highest BCUT2D eigenvalue weighted by Crippen LogP contribution is 2.15. The Labute approximate surface area is 66.3 Å². The Morgan fingerprint density at radius 1 is 1.00 bits per heavy atom. The van der Waals surface area contributed by atoms with E-state index in [0.717, 1.165) is 9.16 Å². The van der Waals surface area contributed by atoms with E-state index in [-0.39, 0.29) is 6.67 Å². The molecule has 1 saturated heterocycles. The quantitative estimate of drug-likeness (QED) is 0.537. The van der Waals surface area contributed by atoms with E-state index in [1.54, 1.807) is 0 Å². The number of hydrogen-bond acceptors (Lipinski definition) is 5. The molecule has 1 heterocycles. The minimum atomic E-state index is 0.0896. The van der Waals surface area contributed by atoms with E-state index in [4.69, 9.17) is 35.3 Å². The van der Waals surface area contributed by atoms with Gasteiger partial charge in [-0.2, -0.15) is 0 Å². The van der Waals surface area contributed by atoms with E-state index < -0.39 is 0 Å². The normalized spacial score (nSPS) is 27.0. The third-order valence-electron chi connectivity index (χ3n) is 0.528. The van der Waals surface area contributed by atoms with Crippen LogP contribution in [0.2, 0.25) is 0 Å². The Hall–Kier alpha value is 0.670. The summed E-state index contributed by atoms with van der Waals surface area (Å²) in [4.78, 5) is 8.81. The van der Waals surface area contributed by atoms with E-state index in [1.807, 2.05) is 0 Å². The lowest BCUT2D eigenvalue weighted by atomic mass is 11.2. The van der Waals surface area contributed by atoms with Crippen molar-refractivity contribution in [1.29, 1.82) is 0 Å². The second-order valence-electron chi connectivity index (χ2n) is 1.15. The lowest BCUT2D eigenvalue weighted by Gasteiger charge is -2.26. The molecule has 1 aliphatic heterocycles. The van der Waals surface area contributed by atoms with Gasteiger partial charge >= 0.3 is 0 Å². The molecule has 1 rings (SSSR count). The average Bonchev–Trinajstić information content (AvgIpc) is 1.59. The molecule has 0 saturated carbocycles. The first kappa shape index (κ1) is 7.77. The van der Waals surface area contributed by atoms with Gasteiger partial charge in [-0.1, -0.05) is 9.16 Å². The van der Waals surface area contributed by atoms with Gasteiger partial charge in [0.2, 0.25) is 0 Å². The molecule has 0 spiro atoms. The Kier molecular flexibility index (Phi) is 2.74. The molecule has 1 fully saturated rings. The van der Waals surface area contributed by atoms with Crippen LogP contribution in [0.4, 0.5) is 0 Å². The maximum atomic E-state index is 5.29. The summed E-state index contributed by atoms with van der Waals surface area (Å²) in [6.07, 6.45) is 0. The highest BCUT2D eigenvalue weighted by molar-refractivity contribution is 6.15. The standard InChI is InChI=1S/CH2Cl3N3O2/c2-5-1-6(3)9-7(4)8-5/h1H2. The summed E-state index contributed by atoms with van der Waals surface area (Å²) in [6.45, 7) is 0.0896. The van der Waals surface area contributed by atoms with Crippen molar-refractivity contribution in [1.82, 2.24) is 13.9 Å². The SMILES string of the molecule is ClN1CN(Cl)ON(Cl)O1. The van der Waals surface area contributed by atoms with E-state index in [1.165, 1.54) is 0 Å². The van der Waals surface area contributed by atoms with Gasteiger partial charge in [-0.3, -0.25) is 0 Å². The van der Waals surface area contributed by atoms with E-state index in [2.05, 4.69) is 9.88 Å². The van der Waals surface area contributed by atoms with Gasteiger partial charge in [0.15, 0.2) is 0 Å². The highest BCUT2D eigenvalue weighted by atomic mass is 35.5. The van der Waals surface area contributed by atoms with Gasteiger partial charge in [0.25, 0.3) is 0 Å². The van der Waals surface area contributed by atoms with Crippen molar-refractivity contribution < 1.29 is 9.88 Å². The van der Waals surface area contributed by atoms with Crippen LogP contribution in [0.1, 0.15) is 0 Å². The molecule has 0 aromatic rings. The van der Waals surface area contributed by atoms with Crippen molar-refractivity contribution in [3.8, 4) is 0 Å². The van der Waals surface area contributed by atoms with E-state index >= 15 is 0 Å². The van der Waals surface area contributed by atoms with E-state index in [9.17, 15) is 0 Å². The van der Waals surface area contributed by atoms with Crippen LogP contribution in [0, 0.1) is 0 Å². The molecule has 5 nitrogen and oxygen atoms in total. The maximum absolute atomic E-state index is 5.29. The number of hydroxylamine groups is 2. The van der Waals surface area contributed by atoms with Crippen LogP contribution in [0.15, 0.2) is 0 Å². The van der Waals surface area contributed by atoms with Gasteiger partial charge in [-0.05, 0) is 0 Å². The predicted octanol–water partition coefficient (Wildman–Crippen LogP) is 1.02. The van der Waals surface area contributed by atoms with Gasteiger partial charge < -0.3 is 0 Å². The fourth-order valence-electron chi connectivity index (χ4n) is 0.293. The molecule has 54 valence electrons. The molecule has 0 bridgehead atoms. The smallest absolute Gasteiger partial charge is 0.138 e. The molecule has 1 aliphatic rings. The Morgan fingerprint density at radius 2 is 1.44 bits per heavy atom. The van der Waals surface area contributed by atoms with Crippen molar-refractivity contribution in [2.45, 2.75) is 0 Å². The summed E-state index contributed by atoms with van der Waals surface area (Å²) in [5.74, 6) is 0. The second kappa shape index (κ2) is 3.18. The monoisotopic (exact) mass is 193 g/mol. The van der Waals surface area contributed by atoms with Crippen molar-refractivity contribution in [3.05, 3.63) is 0 Å². The van der Waals surface area contributed by atoms with Crippen LogP contribution >= 0.6 is 35.3 Å². The Morgan fingerprint density at radius 3 is 1.78 bits per heavy atom. The maximum Gasteiger partial charge on any atom is 0.138 e. The minimum absolute atomic E-state index is 0.0896. The fourth-order valence-corrected chi connectivity index (χ4v) is 0.866. The number of nitrogens with zero attached hydrogens (tertiary/aromatic N) is 3. The van der Waals surface area contributed by atoms with Crippen molar-refractivity contribution in [2.75, 3.05) is 6.67 Å². The molecular weight excluding hydrogens is 192 g/mol. The third kappa shape index (κ3) is 2.40. The van der Waals surface area contributed by atoms with Crippen molar-refractivity contribution in [2.24, 2.45) is 0 Å². The molecule has 0 aromatic carbocycles. The zero-order chi connectivity index (χ0) is 6.85. The minimum Gasteiger partial charge on any atom is -0.147 e. The topological polar surface area (TPSA) is 28.2 Å². The van der Waals surface area contributed by atoms with Gasteiger partial charge in [0.05, 0.1) is 4.75 Å². The van der Waals surface area contributed by atoms with Crippen molar-refractivity contribution >= 4 is 35.3 Å². The van der Waals surface area contributed by atoms with Crippen LogP contribution in [0.25, 0.3) is 0 Å². The molecule has 0 radical (unpaired) electrons. The molecule has 0 unspecified atom stereocenters. The summed E-state index contributed by atoms with van der Waals surface area (Å²) >= 11 is 15.7. The van der Waals surface area contributed by atoms with Crippen LogP contribution in [0.5, 0.6) is 0 Å². The number of rotatable bonds is 0. The Bertz CT molecular complexity index is 78.0. The summed E-state index contributed by atoms with van der Waals surface area (Å²) < 4.78 is 2.22. The molecule has 0 aliphatic carbocycles. The predicted molar refractivity (Wildman–Crippen MR) is 30.1 cm³/mol. The molecule has 9 heavy (non-hydrogen) atoms. The second-order valence-corrected chi connectivity index (χ2v) is 2.18. The number of hydrogen-bond donors (Lipinski definition) is 0. The first-order valence-electron chi connectivity index (χ1n) is 1.87. The lowest BCUT2D eigenvalue weighted by molar-refractivity contribution is -0.483. The van der Waals surface area contributed by atoms with Crippen molar-refractivity contribution in [3.63, 3.8) is 0 Å². The summed E-state index contributed by atoms with van der Waals surface area (Å²) in [6, 6.07) is 0. The van der Waals surface area contributed by atoms with Crippen LogP contribution < -0.4 is 0 Å². The van der Waals surface area contributed by atoms with Gasteiger partial charge in [-0.15, -0.1) is 9.88 Å². The Balaban J connectivity index is 2.34. The summed E-state index contributed by atoms with van der Waals surface area (Å²) in [5.41, 5.74) is 0. The largest absolute Gasteiger partial charge is 0.147 e.